The third-order valence-electron chi connectivity index (χ3n) is 2.05. The van der Waals surface area contributed by atoms with Crippen LogP contribution in [0.15, 0.2) is 6.20 Å². The van der Waals surface area contributed by atoms with E-state index in [4.69, 9.17) is 0 Å². The Hall–Kier alpha value is -0.790. The number of unbranched alkanes of at least 4 members (excludes halogenated alkanes) is 1. The number of hydrogen-bond acceptors (Lipinski definition) is 1. The summed E-state index contributed by atoms with van der Waals surface area (Å²) in [5, 5.41) is 0. The Bertz CT molecular complexity index is 238. The van der Waals surface area contributed by atoms with Gasteiger partial charge in [0.05, 0.1) is 5.69 Å². The molecule has 0 spiro atoms. The minimum atomic E-state index is 1.04. The number of aryl methyl sites for hydroxylation is 3. The van der Waals surface area contributed by atoms with E-state index in [0.717, 1.165) is 18.7 Å². The summed E-state index contributed by atoms with van der Waals surface area (Å²) in [4.78, 5) is 4.44. The fourth-order valence-corrected chi connectivity index (χ4v) is 1.40. The summed E-state index contributed by atoms with van der Waals surface area (Å²) >= 11 is 0. The van der Waals surface area contributed by atoms with Gasteiger partial charge in [0.2, 0.25) is 0 Å². The summed E-state index contributed by atoms with van der Waals surface area (Å²) in [6, 6.07) is 0. The van der Waals surface area contributed by atoms with Gasteiger partial charge < -0.3 is 4.57 Å². The number of aromatic nitrogens is 2. The quantitative estimate of drug-likeness (QED) is 0.672. The first-order valence-electron chi connectivity index (χ1n) is 4.80. The van der Waals surface area contributed by atoms with Crippen molar-refractivity contribution < 1.29 is 0 Å². The molecule has 0 saturated heterocycles. The highest BCUT2D eigenvalue weighted by molar-refractivity contribution is 5.01. The Morgan fingerprint density at radius 2 is 2.17 bits per heavy atom. The third-order valence-corrected chi connectivity index (χ3v) is 2.05. The summed E-state index contributed by atoms with van der Waals surface area (Å²) in [5.74, 6) is 1.22. The molecule has 2 heteroatoms. The molecule has 0 bridgehead atoms. The molecule has 0 aliphatic carbocycles. The SMILES string of the molecule is CCCCn1cc(C)nc1CC. The van der Waals surface area contributed by atoms with E-state index in [9.17, 15) is 0 Å². The molecule has 12 heavy (non-hydrogen) atoms. The zero-order valence-corrected chi connectivity index (χ0v) is 8.30. The molecule has 2 nitrogen and oxygen atoms in total. The predicted octanol–water partition coefficient (Wildman–Crippen LogP) is 2.55. The summed E-state index contributed by atoms with van der Waals surface area (Å²) in [6.45, 7) is 7.56. The van der Waals surface area contributed by atoms with Gasteiger partial charge in [-0.15, -0.1) is 0 Å². The molecule has 1 aromatic heterocycles. The number of hydrogen-bond donors (Lipinski definition) is 0. The van der Waals surface area contributed by atoms with E-state index in [1.54, 1.807) is 0 Å². The summed E-state index contributed by atoms with van der Waals surface area (Å²) in [6.07, 6.45) is 5.69. The van der Waals surface area contributed by atoms with Crippen molar-refractivity contribution in [1.82, 2.24) is 9.55 Å². The highest BCUT2D eigenvalue weighted by atomic mass is 15.1. The van der Waals surface area contributed by atoms with Crippen LogP contribution in [0.5, 0.6) is 0 Å². The second-order valence-electron chi connectivity index (χ2n) is 3.20. The summed E-state index contributed by atoms with van der Waals surface area (Å²) in [7, 11) is 0. The van der Waals surface area contributed by atoms with Gasteiger partial charge >= 0.3 is 0 Å². The Balaban J connectivity index is 2.68. The minimum absolute atomic E-state index is 1.04. The van der Waals surface area contributed by atoms with Gasteiger partial charge in [0.1, 0.15) is 5.82 Å². The number of imidazole rings is 1. The van der Waals surface area contributed by atoms with Crippen LogP contribution in [-0.4, -0.2) is 9.55 Å². The maximum atomic E-state index is 4.44. The van der Waals surface area contributed by atoms with Crippen LogP contribution in [0.3, 0.4) is 0 Å². The lowest BCUT2D eigenvalue weighted by molar-refractivity contribution is 0.605. The zero-order valence-electron chi connectivity index (χ0n) is 8.30. The van der Waals surface area contributed by atoms with Gasteiger partial charge in [-0.1, -0.05) is 20.3 Å². The van der Waals surface area contributed by atoms with Crippen LogP contribution in [0.1, 0.15) is 38.2 Å². The van der Waals surface area contributed by atoms with Crippen molar-refractivity contribution in [2.75, 3.05) is 0 Å². The van der Waals surface area contributed by atoms with Gasteiger partial charge in [0.15, 0.2) is 0 Å². The van der Waals surface area contributed by atoms with Crippen molar-refractivity contribution in [3.8, 4) is 0 Å². The molecule has 0 aliphatic rings. The number of nitrogens with zero attached hydrogens (tertiary/aromatic N) is 2. The van der Waals surface area contributed by atoms with Gasteiger partial charge in [-0.05, 0) is 13.3 Å². The predicted molar refractivity (Wildman–Crippen MR) is 51.3 cm³/mol. The van der Waals surface area contributed by atoms with Crippen LogP contribution in [-0.2, 0) is 13.0 Å². The van der Waals surface area contributed by atoms with Crippen molar-refractivity contribution in [2.24, 2.45) is 0 Å². The molecule has 0 fully saturated rings. The third kappa shape index (κ3) is 2.10. The van der Waals surface area contributed by atoms with E-state index in [1.807, 2.05) is 0 Å². The second-order valence-corrected chi connectivity index (χ2v) is 3.20. The normalized spacial score (nSPS) is 10.6. The minimum Gasteiger partial charge on any atom is -0.335 e. The van der Waals surface area contributed by atoms with Crippen LogP contribution in [0, 0.1) is 6.92 Å². The molecule has 1 heterocycles. The van der Waals surface area contributed by atoms with Crippen LogP contribution in [0.4, 0.5) is 0 Å². The monoisotopic (exact) mass is 166 g/mol. The fraction of sp³-hybridized carbons (Fsp3) is 0.700. The first kappa shape index (κ1) is 9.30. The smallest absolute Gasteiger partial charge is 0.108 e. The molecule has 0 aromatic carbocycles. The molecule has 0 N–H and O–H groups in total. The Kier molecular flexibility index (Phi) is 3.32. The van der Waals surface area contributed by atoms with Crippen molar-refractivity contribution >= 4 is 0 Å². The molecule has 1 rings (SSSR count). The molecule has 0 saturated carbocycles. The molecular weight excluding hydrogens is 148 g/mol. The largest absolute Gasteiger partial charge is 0.335 e. The molecule has 0 radical (unpaired) electrons. The van der Waals surface area contributed by atoms with Crippen LogP contribution >= 0.6 is 0 Å². The van der Waals surface area contributed by atoms with E-state index >= 15 is 0 Å². The van der Waals surface area contributed by atoms with Gasteiger partial charge in [0.25, 0.3) is 0 Å². The van der Waals surface area contributed by atoms with Crippen LogP contribution < -0.4 is 0 Å². The van der Waals surface area contributed by atoms with Gasteiger partial charge in [0, 0.05) is 19.2 Å². The average molecular weight is 166 g/mol. The van der Waals surface area contributed by atoms with Crippen molar-refractivity contribution in [3.05, 3.63) is 17.7 Å². The summed E-state index contributed by atoms with van der Waals surface area (Å²) in [5.41, 5.74) is 1.14. The molecule has 0 amide bonds. The van der Waals surface area contributed by atoms with Gasteiger partial charge in [-0.3, -0.25) is 0 Å². The molecular formula is C10H18N2. The Labute approximate surface area is 74.6 Å². The topological polar surface area (TPSA) is 17.8 Å². The molecule has 68 valence electrons. The lowest BCUT2D eigenvalue weighted by Crippen LogP contribution is -2.01. The zero-order chi connectivity index (χ0) is 8.97. The molecule has 1 aromatic rings. The maximum Gasteiger partial charge on any atom is 0.108 e. The van der Waals surface area contributed by atoms with Gasteiger partial charge in [-0.2, -0.15) is 0 Å². The van der Waals surface area contributed by atoms with Crippen molar-refractivity contribution in [1.29, 1.82) is 0 Å². The highest BCUT2D eigenvalue weighted by Gasteiger charge is 2.01. The second kappa shape index (κ2) is 4.29. The highest BCUT2D eigenvalue weighted by Crippen LogP contribution is 2.05. The first-order valence-corrected chi connectivity index (χ1v) is 4.80. The van der Waals surface area contributed by atoms with E-state index in [2.05, 4.69) is 36.5 Å². The standard InChI is InChI=1S/C10H18N2/c1-4-6-7-12-8-9(3)11-10(12)5-2/h8H,4-7H2,1-3H3. The van der Waals surface area contributed by atoms with Crippen molar-refractivity contribution in [3.63, 3.8) is 0 Å². The van der Waals surface area contributed by atoms with E-state index in [0.29, 0.717) is 0 Å². The average Bonchev–Trinajstić information content (AvgIpc) is 2.42. The maximum absolute atomic E-state index is 4.44. The number of rotatable bonds is 4. The lowest BCUT2D eigenvalue weighted by Gasteiger charge is -2.03. The fourth-order valence-electron chi connectivity index (χ4n) is 1.40. The van der Waals surface area contributed by atoms with Crippen LogP contribution in [0.25, 0.3) is 0 Å². The van der Waals surface area contributed by atoms with E-state index in [1.165, 1.54) is 18.7 Å². The van der Waals surface area contributed by atoms with Crippen molar-refractivity contribution in [2.45, 2.75) is 46.6 Å². The Morgan fingerprint density at radius 1 is 1.42 bits per heavy atom. The van der Waals surface area contributed by atoms with Gasteiger partial charge in [-0.25, -0.2) is 4.98 Å². The lowest BCUT2D eigenvalue weighted by atomic mass is 10.3. The molecule has 0 aliphatic heterocycles. The van der Waals surface area contributed by atoms with E-state index in [-0.39, 0.29) is 0 Å². The molecule has 0 unspecified atom stereocenters. The first-order chi connectivity index (χ1) is 5.77. The Morgan fingerprint density at radius 3 is 2.75 bits per heavy atom. The van der Waals surface area contributed by atoms with Crippen LogP contribution in [0.2, 0.25) is 0 Å². The van der Waals surface area contributed by atoms with E-state index < -0.39 is 0 Å². The molecule has 0 atom stereocenters. The summed E-state index contributed by atoms with van der Waals surface area (Å²) < 4.78 is 2.28.